The quantitative estimate of drug-likeness (QED) is 0.899. The summed E-state index contributed by atoms with van der Waals surface area (Å²) >= 11 is 0. The summed E-state index contributed by atoms with van der Waals surface area (Å²) in [5, 5.41) is 3.52. The number of nitrogens with zero attached hydrogens (tertiary/aromatic N) is 1. The van der Waals surface area contributed by atoms with E-state index in [1.807, 2.05) is 6.07 Å². The highest BCUT2D eigenvalue weighted by Crippen LogP contribution is 2.37. The van der Waals surface area contributed by atoms with Crippen molar-refractivity contribution < 1.29 is 4.39 Å². The molecule has 0 aromatic heterocycles. The summed E-state index contributed by atoms with van der Waals surface area (Å²) in [6.45, 7) is 8.50. The summed E-state index contributed by atoms with van der Waals surface area (Å²) in [6, 6.07) is 5.99. The molecule has 0 spiro atoms. The van der Waals surface area contributed by atoms with Crippen LogP contribution >= 0.6 is 0 Å². The highest BCUT2D eigenvalue weighted by Gasteiger charge is 2.33. The van der Waals surface area contributed by atoms with Gasteiger partial charge in [-0.15, -0.1) is 0 Å². The van der Waals surface area contributed by atoms with Crippen molar-refractivity contribution >= 4 is 0 Å². The van der Waals surface area contributed by atoms with E-state index in [1.54, 1.807) is 12.1 Å². The molecular formula is C16H25FN2. The van der Waals surface area contributed by atoms with Crippen molar-refractivity contribution in [3.63, 3.8) is 0 Å². The topological polar surface area (TPSA) is 15.3 Å². The molecule has 1 aromatic rings. The lowest BCUT2D eigenvalue weighted by Crippen LogP contribution is -2.32. The molecule has 0 saturated carbocycles. The second kappa shape index (κ2) is 6.02. The van der Waals surface area contributed by atoms with Gasteiger partial charge < -0.3 is 5.32 Å². The predicted molar refractivity (Wildman–Crippen MR) is 77.8 cm³/mol. The summed E-state index contributed by atoms with van der Waals surface area (Å²) < 4.78 is 13.5. The normalized spacial score (nSPS) is 24.3. The van der Waals surface area contributed by atoms with Crippen LogP contribution in [-0.2, 0) is 0 Å². The largest absolute Gasteiger partial charge is 0.314 e. The van der Waals surface area contributed by atoms with Crippen LogP contribution in [0.15, 0.2) is 18.2 Å². The van der Waals surface area contributed by atoms with Crippen molar-refractivity contribution in [2.75, 3.05) is 20.1 Å². The molecule has 0 bridgehead atoms. The van der Waals surface area contributed by atoms with E-state index in [4.69, 9.17) is 0 Å². The maximum Gasteiger partial charge on any atom is 0.123 e. The second-order valence-corrected chi connectivity index (χ2v) is 6.04. The van der Waals surface area contributed by atoms with Crippen LogP contribution in [0.2, 0.25) is 0 Å². The van der Waals surface area contributed by atoms with Crippen LogP contribution in [0.3, 0.4) is 0 Å². The number of hydrogen-bond donors (Lipinski definition) is 1. The van der Waals surface area contributed by atoms with Gasteiger partial charge in [0, 0.05) is 18.6 Å². The van der Waals surface area contributed by atoms with Crippen molar-refractivity contribution in [3.8, 4) is 0 Å². The monoisotopic (exact) mass is 264 g/mol. The van der Waals surface area contributed by atoms with E-state index in [2.05, 4.69) is 38.0 Å². The third-order valence-electron chi connectivity index (χ3n) is 4.12. The van der Waals surface area contributed by atoms with E-state index in [-0.39, 0.29) is 5.82 Å². The smallest absolute Gasteiger partial charge is 0.123 e. The Kier molecular flexibility index (Phi) is 4.58. The number of nitrogens with one attached hydrogen (secondary N) is 1. The number of benzene rings is 1. The van der Waals surface area contributed by atoms with Gasteiger partial charge in [0.2, 0.25) is 0 Å². The molecule has 2 unspecified atom stereocenters. The first-order valence-corrected chi connectivity index (χ1v) is 7.18. The Morgan fingerprint density at radius 2 is 2.16 bits per heavy atom. The summed E-state index contributed by atoms with van der Waals surface area (Å²) in [5.41, 5.74) is 2.34. The van der Waals surface area contributed by atoms with Crippen molar-refractivity contribution in [1.82, 2.24) is 10.2 Å². The number of rotatable bonds is 4. The van der Waals surface area contributed by atoms with Gasteiger partial charge in [0.05, 0.1) is 0 Å². The molecule has 3 heteroatoms. The third-order valence-corrected chi connectivity index (χ3v) is 4.12. The first-order valence-electron chi connectivity index (χ1n) is 7.18. The zero-order valence-electron chi connectivity index (χ0n) is 12.4. The Bertz CT molecular complexity index is 431. The predicted octanol–water partition coefficient (Wildman–Crippen LogP) is 3.12. The summed E-state index contributed by atoms with van der Waals surface area (Å²) in [5.74, 6) is 0.435. The standard InChI is InChI=1S/C16H25FN2/c1-11(2)18-10-13-7-8-19(4)16(13)15-9-14(17)6-5-12(15)3/h5-6,9,11,13,16,18H,7-8,10H2,1-4H3. The van der Waals surface area contributed by atoms with E-state index in [0.717, 1.165) is 18.7 Å². The Labute approximate surface area is 116 Å². The fourth-order valence-electron chi connectivity index (χ4n) is 3.05. The molecule has 1 aliphatic heterocycles. The number of aryl methyl sites for hydroxylation is 1. The van der Waals surface area contributed by atoms with Crippen molar-refractivity contribution in [2.24, 2.45) is 5.92 Å². The molecule has 1 heterocycles. The molecule has 2 nitrogen and oxygen atoms in total. The van der Waals surface area contributed by atoms with Crippen LogP contribution in [0.4, 0.5) is 4.39 Å². The molecule has 0 amide bonds. The average Bonchev–Trinajstić information content (AvgIpc) is 2.71. The fourth-order valence-corrected chi connectivity index (χ4v) is 3.05. The maximum atomic E-state index is 13.5. The van der Waals surface area contributed by atoms with Gasteiger partial charge in [-0.2, -0.15) is 0 Å². The van der Waals surface area contributed by atoms with E-state index < -0.39 is 0 Å². The maximum absolute atomic E-state index is 13.5. The molecule has 1 N–H and O–H groups in total. The molecule has 0 aliphatic carbocycles. The zero-order valence-corrected chi connectivity index (χ0v) is 12.4. The lowest BCUT2D eigenvalue weighted by atomic mass is 9.90. The minimum absolute atomic E-state index is 0.128. The Hall–Kier alpha value is -0.930. The third kappa shape index (κ3) is 3.34. The van der Waals surface area contributed by atoms with Gasteiger partial charge in [0.1, 0.15) is 5.82 Å². The SMILES string of the molecule is Cc1ccc(F)cc1C1C(CNC(C)C)CCN1C. The van der Waals surface area contributed by atoms with E-state index in [1.165, 1.54) is 12.0 Å². The van der Waals surface area contributed by atoms with Crippen LogP contribution in [0.1, 0.15) is 37.4 Å². The van der Waals surface area contributed by atoms with E-state index >= 15 is 0 Å². The van der Waals surface area contributed by atoms with Crippen molar-refractivity contribution in [3.05, 3.63) is 35.1 Å². The molecule has 2 atom stereocenters. The molecule has 1 aromatic carbocycles. The number of hydrogen-bond acceptors (Lipinski definition) is 2. The first kappa shape index (κ1) is 14.5. The van der Waals surface area contributed by atoms with Crippen LogP contribution in [0, 0.1) is 18.7 Å². The van der Waals surface area contributed by atoms with Crippen molar-refractivity contribution in [1.29, 1.82) is 0 Å². The zero-order chi connectivity index (χ0) is 14.0. The summed E-state index contributed by atoms with van der Waals surface area (Å²) in [6.07, 6.45) is 1.18. The average molecular weight is 264 g/mol. The van der Waals surface area contributed by atoms with E-state index in [0.29, 0.717) is 18.0 Å². The highest BCUT2D eigenvalue weighted by molar-refractivity contribution is 5.31. The van der Waals surface area contributed by atoms with Gasteiger partial charge in [0.15, 0.2) is 0 Å². The fraction of sp³-hybridized carbons (Fsp3) is 0.625. The van der Waals surface area contributed by atoms with Gasteiger partial charge >= 0.3 is 0 Å². The number of likely N-dealkylation sites (tertiary alicyclic amines) is 1. The lowest BCUT2D eigenvalue weighted by molar-refractivity contribution is 0.268. The molecule has 106 valence electrons. The van der Waals surface area contributed by atoms with Gasteiger partial charge in [-0.3, -0.25) is 4.90 Å². The summed E-state index contributed by atoms with van der Waals surface area (Å²) in [4.78, 5) is 2.36. The minimum Gasteiger partial charge on any atom is -0.314 e. The Balaban J connectivity index is 2.21. The van der Waals surface area contributed by atoms with E-state index in [9.17, 15) is 4.39 Å². The Morgan fingerprint density at radius 1 is 1.42 bits per heavy atom. The lowest BCUT2D eigenvalue weighted by Gasteiger charge is -2.28. The van der Waals surface area contributed by atoms with Crippen LogP contribution in [-0.4, -0.2) is 31.1 Å². The Morgan fingerprint density at radius 3 is 2.84 bits per heavy atom. The second-order valence-electron chi connectivity index (χ2n) is 6.04. The van der Waals surface area contributed by atoms with Gasteiger partial charge in [-0.1, -0.05) is 19.9 Å². The molecule has 1 aliphatic rings. The van der Waals surface area contributed by atoms with Crippen molar-refractivity contribution in [2.45, 2.75) is 39.3 Å². The molecular weight excluding hydrogens is 239 g/mol. The minimum atomic E-state index is -0.128. The van der Waals surface area contributed by atoms with Gasteiger partial charge in [-0.25, -0.2) is 4.39 Å². The van der Waals surface area contributed by atoms with Crippen LogP contribution < -0.4 is 5.32 Å². The van der Waals surface area contributed by atoms with Crippen LogP contribution in [0.25, 0.3) is 0 Å². The highest BCUT2D eigenvalue weighted by atomic mass is 19.1. The molecule has 19 heavy (non-hydrogen) atoms. The molecule has 2 rings (SSSR count). The van der Waals surface area contributed by atoms with Gasteiger partial charge in [0.25, 0.3) is 0 Å². The first-order chi connectivity index (χ1) is 8.99. The molecule has 1 fully saturated rings. The molecule has 0 radical (unpaired) electrons. The van der Waals surface area contributed by atoms with Crippen LogP contribution in [0.5, 0.6) is 0 Å². The summed E-state index contributed by atoms with van der Waals surface area (Å²) in [7, 11) is 2.14. The van der Waals surface area contributed by atoms with Gasteiger partial charge in [-0.05, 0) is 56.1 Å². The number of halogens is 1. The molecule has 1 saturated heterocycles.